The molecule has 0 saturated heterocycles. The molecule has 25 heavy (non-hydrogen) atoms. The first kappa shape index (κ1) is 17.3. The van der Waals surface area contributed by atoms with Crippen molar-refractivity contribution in [3.63, 3.8) is 0 Å². The average molecular weight is 357 g/mol. The highest BCUT2D eigenvalue weighted by atomic mass is 32.1. The van der Waals surface area contributed by atoms with E-state index >= 15 is 0 Å². The maximum absolute atomic E-state index is 12.2. The third-order valence-corrected chi connectivity index (χ3v) is 5.22. The number of anilines is 1. The molecule has 0 bridgehead atoms. The summed E-state index contributed by atoms with van der Waals surface area (Å²) in [4.78, 5) is 43.0. The lowest BCUT2D eigenvalue weighted by Gasteiger charge is -2.13. The monoisotopic (exact) mass is 357 g/mol. The molecular formula is C18H19N3O3S. The van der Waals surface area contributed by atoms with Gasteiger partial charge in [-0.2, -0.15) is 0 Å². The summed E-state index contributed by atoms with van der Waals surface area (Å²) in [5.41, 5.74) is 0.863. The Morgan fingerprint density at radius 3 is 2.40 bits per heavy atom. The molecule has 7 heteroatoms. The van der Waals surface area contributed by atoms with Crippen LogP contribution in [0.2, 0.25) is 0 Å². The molecular weight excluding hydrogens is 338 g/mol. The predicted molar refractivity (Wildman–Crippen MR) is 95.9 cm³/mol. The minimum absolute atomic E-state index is 0.165. The number of hydrogen-bond donors (Lipinski definition) is 1. The standard InChI is InChI=1S/C18H19N3O3S/c1-11(2)14-10-19-18(25-14)20-15(22)8-5-9-21-16(23)12-6-3-4-7-13(12)17(21)24/h3-4,6-7,10-11H,5,8-9H2,1-2H3,(H,19,20,22). The average Bonchev–Trinajstić information content (AvgIpc) is 3.14. The van der Waals surface area contributed by atoms with E-state index in [0.29, 0.717) is 28.6 Å². The van der Waals surface area contributed by atoms with Crippen LogP contribution in [0.1, 0.15) is 58.2 Å². The molecule has 0 radical (unpaired) electrons. The van der Waals surface area contributed by atoms with Gasteiger partial charge in [0.05, 0.1) is 11.1 Å². The smallest absolute Gasteiger partial charge is 0.261 e. The summed E-state index contributed by atoms with van der Waals surface area (Å²) < 4.78 is 0. The molecule has 130 valence electrons. The lowest BCUT2D eigenvalue weighted by atomic mass is 10.1. The second kappa shape index (κ2) is 7.14. The highest BCUT2D eigenvalue weighted by molar-refractivity contribution is 7.15. The van der Waals surface area contributed by atoms with Crippen molar-refractivity contribution in [1.29, 1.82) is 0 Å². The van der Waals surface area contributed by atoms with E-state index < -0.39 is 0 Å². The number of rotatable bonds is 6. The number of nitrogens with zero attached hydrogens (tertiary/aromatic N) is 2. The molecule has 0 saturated carbocycles. The van der Waals surface area contributed by atoms with E-state index in [1.807, 2.05) is 0 Å². The van der Waals surface area contributed by atoms with Crippen LogP contribution in [0.25, 0.3) is 0 Å². The second-order valence-electron chi connectivity index (χ2n) is 6.18. The number of benzene rings is 1. The van der Waals surface area contributed by atoms with E-state index in [9.17, 15) is 14.4 Å². The minimum Gasteiger partial charge on any atom is -0.302 e. The molecule has 0 aliphatic carbocycles. The van der Waals surface area contributed by atoms with Gasteiger partial charge in [0.15, 0.2) is 5.13 Å². The molecule has 2 aromatic rings. The zero-order valence-electron chi connectivity index (χ0n) is 14.1. The number of amides is 3. The zero-order valence-corrected chi connectivity index (χ0v) is 14.9. The summed E-state index contributed by atoms with van der Waals surface area (Å²) in [6, 6.07) is 6.77. The maximum Gasteiger partial charge on any atom is 0.261 e. The molecule has 3 amide bonds. The lowest BCUT2D eigenvalue weighted by molar-refractivity contribution is -0.116. The summed E-state index contributed by atoms with van der Waals surface area (Å²) in [5, 5.41) is 3.34. The van der Waals surface area contributed by atoms with Crippen molar-refractivity contribution < 1.29 is 14.4 Å². The van der Waals surface area contributed by atoms with Gasteiger partial charge in [-0.1, -0.05) is 26.0 Å². The first-order valence-electron chi connectivity index (χ1n) is 8.18. The van der Waals surface area contributed by atoms with Crippen LogP contribution in [0, 0.1) is 0 Å². The SMILES string of the molecule is CC(C)c1cnc(NC(=O)CCCN2C(=O)c3ccccc3C2=O)s1. The highest BCUT2D eigenvalue weighted by Gasteiger charge is 2.34. The van der Waals surface area contributed by atoms with Crippen LogP contribution in [0.15, 0.2) is 30.5 Å². The predicted octanol–water partition coefficient (Wildman–Crippen LogP) is 3.28. The fourth-order valence-corrected chi connectivity index (χ4v) is 3.47. The Hall–Kier alpha value is -2.54. The minimum atomic E-state index is -0.289. The molecule has 1 N–H and O–H groups in total. The van der Waals surface area contributed by atoms with E-state index in [0.717, 1.165) is 4.88 Å². The van der Waals surface area contributed by atoms with Crippen LogP contribution in [0.5, 0.6) is 0 Å². The second-order valence-corrected chi connectivity index (χ2v) is 7.24. The normalized spacial score (nSPS) is 13.5. The summed E-state index contributed by atoms with van der Waals surface area (Å²) >= 11 is 1.46. The maximum atomic E-state index is 12.2. The number of carbonyl (C=O) groups is 3. The van der Waals surface area contributed by atoms with Crippen LogP contribution in [-0.4, -0.2) is 34.2 Å². The molecule has 0 fully saturated rings. The van der Waals surface area contributed by atoms with Crippen molar-refractivity contribution >= 4 is 34.2 Å². The largest absolute Gasteiger partial charge is 0.302 e. The number of hydrogen-bond acceptors (Lipinski definition) is 5. The summed E-state index contributed by atoms with van der Waals surface area (Å²) in [6.07, 6.45) is 2.41. The van der Waals surface area contributed by atoms with E-state index in [-0.39, 0.29) is 30.7 Å². The lowest BCUT2D eigenvalue weighted by Crippen LogP contribution is -2.31. The van der Waals surface area contributed by atoms with Gasteiger partial charge in [0.2, 0.25) is 5.91 Å². The van der Waals surface area contributed by atoms with Crippen molar-refractivity contribution in [1.82, 2.24) is 9.88 Å². The van der Waals surface area contributed by atoms with Gasteiger partial charge in [0.1, 0.15) is 0 Å². The molecule has 2 heterocycles. The van der Waals surface area contributed by atoms with Gasteiger partial charge in [-0.3, -0.25) is 19.3 Å². The first-order valence-corrected chi connectivity index (χ1v) is 9.00. The Labute approximate surface area is 149 Å². The van der Waals surface area contributed by atoms with Crippen molar-refractivity contribution in [3.05, 3.63) is 46.5 Å². The molecule has 1 aromatic carbocycles. The number of fused-ring (bicyclic) bond motifs is 1. The number of nitrogens with one attached hydrogen (secondary N) is 1. The Balaban J connectivity index is 1.50. The topological polar surface area (TPSA) is 79.4 Å². The van der Waals surface area contributed by atoms with Crippen LogP contribution >= 0.6 is 11.3 Å². The number of imide groups is 1. The van der Waals surface area contributed by atoms with Gasteiger partial charge in [-0.05, 0) is 24.5 Å². The summed E-state index contributed by atoms with van der Waals surface area (Å²) in [6.45, 7) is 4.37. The molecule has 6 nitrogen and oxygen atoms in total. The summed E-state index contributed by atoms with van der Waals surface area (Å²) in [7, 11) is 0. The van der Waals surface area contributed by atoms with Crippen molar-refractivity contribution in [2.75, 3.05) is 11.9 Å². The van der Waals surface area contributed by atoms with Crippen molar-refractivity contribution in [3.8, 4) is 0 Å². The van der Waals surface area contributed by atoms with E-state index in [4.69, 9.17) is 0 Å². The van der Waals surface area contributed by atoms with E-state index in [1.54, 1.807) is 30.5 Å². The molecule has 0 spiro atoms. The van der Waals surface area contributed by atoms with Crippen LogP contribution < -0.4 is 5.32 Å². The fraction of sp³-hybridized carbons (Fsp3) is 0.333. The van der Waals surface area contributed by atoms with Crippen LogP contribution in [0.4, 0.5) is 5.13 Å². The quantitative estimate of drug-likeness (QED) is 0.805. The number of thiazole rings is 1. The Morgan fingerprint density at radius 1 is 1.20 bits per heavy atom. The molecule has 1 aromatic heterocycles. The van der Waals surface area contributed by atoms with E-state index in [2.05, 4.69) is 24.1 Å². The Morgan fingerprint density at radius 2 is 1.84 bits per heavy atom. The van der Waals surface area contributed by atoms with Crippen LogP contribution in [-0.2, 0) is 4.79 Å². The highest BCUT2D eigenvalue weighted by Crippen LogP contribution is 2.25. The molecule has 1 aliphatic heterocycles. The molecule has 0 atom stereocenters. The van der Waals surface area contributed by atoms with Crippen LogP contribution in [0.3, 0.4) is 0 Å². The van der Waals surface area contributed by atoms with Crippen molar-refractivity contribution in [2.45, 2.75) is 32.6 Å². The third kappa shape index (κ3) is 3.61. The third-order valence-electron chi connectivity index (χ3n) is 4.00. The fourth-order valence-electron chi connectivity index (χ4n) is 2.63. The molecule has 3 rings (SSSR count). The number of carbonyl (C=O) groups excluding carboxylic acids is 3. The number of aromatic nitrogens is 1. The molecule has 1 aliphatic rings. The first-order chi connectivity index (χ1) is 12.0. The Bertz CT molecular complexity index is 793. The van der Waals surface area contributed by atoms with Gasteiger partial charge in [0, 0.05) is 24.0 Å². The van der Waals surface area contributed by atoms with Gasteiger partial charge < -0.3 is 5.32 Å². The van der Waals surface area contributed by atoms with E-state index in [1.165, 1.54) is 16.2 Å². The van der Waals surface area contributed by atoms with Gasteiger partial charge >= 0.3 is 0 Å². The van der Waals surface area contributed by atoms with Gasteiger partial charge in [-0.15, -0.1) is 11.3 Å². The van der Waals surface area contributed by atoms with Gasteiger partial charge in [0.25, 0.3) is 11.8 Å². The van der Waals surface area contributed by atoms with Crippen molar-refractivity contribution in [2.24, 2.45) is 0 Å². The summed E-state index contributed by atoms with van der Waals surface area (Å²) in [5.74, 6) is -0.372. The van der Waals surface area contributed by atoms with Gasteiger partial charge in [-0.25, -0.2) is 4.98 Å². The zero-order chi connectivity index (χ0) is 18.0. The molecule has 0 unspecified atom stereocenters. The Kier molecular flexibility index (Phi) is 4.94.